The lowest BCUT2D eigenvalue weighted by Gasteiger charge is -2.12. The molecule has 43 heavy (non-hydrogen) atoms. The predicted molar refractivity (Wildman–Crippen MR) is 180 cm³/mol. The molecule has 0 N–H and O–H groups in total. The molecule has 1 aliphatic carbocycles. The van der Waals surface area contributed by atoms with E-state index < -0.39 is 0 Å². The number of imide groups is 1. The summed E-state index contributed by atoms with van der Waals surface area (Å²) in [5.41, 5.74) is 4.07. The summed E-state index contributed by atoms with van der Waals surface area (Å²) in [6.45, 7) is 6.44. The maximum Gasteiger partial charge on any atom is 0.262 e. The van der Waals surface area contributed by atoms with Gasteiger partial charge in [0.15, 0.2) is 5.78 Å². The lowest BCUT2D eigenvalue weighted by atomic mass is 9.97. The Morgan fingerprint density at radius 1 is 0.674 bits per heavy atom. The van der Waals surface area contributed by atoms with Crippen molar-refractivity contribution in [3.63, 3.8) is 0 Å². The molecule has 0 bridgehead atoms. The third kappa shape index (κ3) is 3.80. The number of ketones is 1. The van der Waals surface area contributed by atoms with Crippen LogP contribution in [0.4, 0.5) is 0 Å². The van der Waals surface area contributed by atoms with Gasteiger partial charge in [-0.15, -0.1) is 45.3 Å². The van der Waals surface area contributed by atoms with Crippen molar-refractivity contribution in [3.8, 4) is 10.4 Å². The first-order chi connectivity index (χ1) is 20.9. The Morgan fingerprint density at radius 2 is 1.28 bits per heavy atom. The number of carbonyl (C=O) groups is 3. The number of nitrogens with zero attached hydrogens (tertiary/aromatic N) is 1. The van der Waals surface area contributed by atoms with E-state index in [4.69, 9.17) is 0 Å². The largest absolute Gasteiger partial charge is 0.288 e. The first kappa shape index (κ1) is 26.9. The van der Waals surface area contributed by atoms with Crippen molar-refractivity contribution in [1.29, 1.82) is 0 Å². The van der Waals surface area contributed by atoms with Crippen LogP contribution in [0.25, 0.3) is 41.8 Å². The Bertz CT molecular complexity index is 2330. The molecule has 8 heteroatoms. The molecular formula is C35H25NO3S4. The van der Waals surface area contributed by atoms with E-state index >= 15 is 0 Å². The van der Waals surface area contributed by atoms with Crippen molar-refractivity contribution in [3.05, 3.63) is 101 Å². The van der Waals surface area contributed by atoms with Crippen LogP contribution in [0, 0.1) is 13.8 Å². The van der Waals surface area contributed by atoms with Gasteiger partial charge in [-0.3, -0.25) is 19.3 Å². The molecule has 2 aromatic carbocycles. The van der Waals surface area contributed by atoms with Crippen molar-refractivity contribution in [2.24, 2.45) is 0 Å². The Balaban J connectivity index is 1.37. The minimum atomic E-state index is -0.221. The Morgan fingerprint density at radius 3 is 1.91 bits per heavy atom. The van der Waals surface area contributed by atoms with Gasteiger partial charge in [0, 0.05) is 73.4 Å². The number of hydrogen-bond acceptors (Lipinski definition) is 7. The van der Waals surface area contributed by atoms with Crippen LogP contribution < -0.4 is 10.4 Å². The standard InChI is InChI=1S/C35H25NO3S4/c1-4-5-14-36-34(38)25-17(2)6-8-21(26(25)35(36)39)22-10-11-24(43-22)28-30-29(27(31(28)37)23-9-7-18(3)42-23)32-19(12-15-40-32)20-13-16-41-33(20)30/h6-13,15-16H,4-5,14H2,1-3H3. The highest BCUT2D eigenvalue weighted by Gasteiger charge is 2.39. The van der Waals surface area contributed by atoms with Crippen LogP contribution >= 0.6 is 45.3 Å². The SMILES string of the molecule is CCCCN1C(=O)c2c(C)ccc(-c3ccc(C4=c5c(c6sccc6c6ccsc56)=C(c5ccc(C)s5)C4=O)s3)c2C1=O. The molecule has 0 saturated heterocycles. The summed E-state index contributed by atoms with van der Waals surface area (Å²) in [6.07, 6.45) is 1.68. The molecule has 0 saturated carbocycles. The summed E-state index contributed by atoms with van der Waals surface area (Å²) in [7, 11) is 0. The van der Waals surface area contributed by atoms with Gasteiger partial charge >= 0.3 is 0 Å². The average Bonchev–Trinajstić information content (AvgIpc) is 3.82. The molecule has 0 atom stereocenters. The van der Waals surface area contributed by atoms with Crippen LogP contribution in [0.1, 0.15) is 60.7 Å². The highest BCUT2D eigenvalue weighted by Crippen LogP contribution is 2.41. The van der Waals surface area contributed by atoms with Gasteiger partial charge < -0.3 is 0 Å². The Hall–Kier alpha value is -3.69. The number of rotatable bonds is 6. The topological polar surface area (TPSA) is 54.5 Å². The molecule has 0 unspecified atom stereocenters. The van der Waals surface area contributed by atoms with E-state index in [0.29, 0.717) is 17.7 Å². The minimum absolute atomic E-state index is 0.0481. The average molecular weight is 636 g/mol. The van der Waals surface area contributed by atoms with Crippen molar-refractivity contribution >= 4 is 94.3 Å². The van der Waals surface area contributed by atoms with Crippen molar-refractivity contribution in [2.75, 3.05) is 6.54 Å². The predicted octanol–water partition coefficient (Wildman–Crippen LogP) is 7.90. The lowest BCUT2D eigenvalue weighted by molar-refractivity contribution is -0.108. The van der Waals surface area contributed by atoms with Crippen LogP contribution in [0.2, 0.25) is 0 Å². The first-order valence-corrected chi connectivity index (χ1v) is 17.6. The fourth-order valence-electron chi connectivity index (χ4n) is 6.43. The van der Waals surface area contributed by atoms with Crippen molar-refractivity contribution < 1.29 is 14.4 Å². The van der Waals surface area contributed by atoms with Crippen LogP contribution in [-0.4, -0.2) is 29.0 Å². The van der Waals surface area contributed by atoms with Gasteiger partial charge in [0.05, 0.1) is 11.1 Å². The summed E-state index contributed by atoms with van der Waals surface area (Å²) in [4.78, 5) is 46.8. The van der Waals surface area contributed by atoms with Crippen LogP contribution in [-0.2, 0) is 4.79 Å². The van der Waals surface area contributed by atoms with Gasteiger partial charge in [-0.2, -0.15) is 0 Å². The molecular weight excluding hydrogens is 611 g/mol. The monoisotopic (exact) mass is 635 g/mol. The van der Waals surface area contributed by atoms with E-state index in [1.54, 1.807) is 34.0 Å². The van der Waals surface area contributed by atoms with E-state index in [9.17, 15) is 14.4 Å². The summed E-state index contributed by atoms with van der Waals surface area (Å²) in [5.74, 6) is -0.377. The number of Topliss-reactive ketones (excluding diaryl/α,β-unsaturated/α-hetero) is 1. The zero-order valence-corrected chi connectivity index (χ0v) is 27.0. The smallest absolute Gasteiger partial charge is 0.262 e. The summed E-state index contributed by atoms with van der Waals surface area (Å²) >= 11 is 6.55. The van der Waals surface area contributed by atoms with Gasteiger partial charge in [-0.05, 0) is 73.0 Å². The lowest BCUT2D eigenvalue weighted by Crippen LogP contribution is -2.30. The number of hydrogen-bond donors (Lipinski definition) is 0. The molecule has 4 nitrogen and oxygen atoms in total. The maximum absolute atomic E-state index is 14.6. The minimum Gasteiger partial charge on any atom is -0.288 e. The zero-order chi connectivity index (χ0) is 29.6. The Kier molecular flexibility index (Phi) is 6.21. The quantitative estimate of drug-likeness (QED) is 0.175. The molecule has 1 aliphatic heterocycles. The van der Waals surface area contributed by atoms with Gasteiger partial charge in [0.1, 0.15) is 0 Å². The number of aryl methyl sites for hydroxylation is 2. The van der Waals surface area contributed by atoms with Gasteiger partial charge in [0.2, 0.25) is 0 Å². The number of unbranched alkanes of at least 4 members (excludes halogenated alkanes) is 1. The molecule has 0 fully saturated rings. The number of amides is 2. The van der Waals surface area contributed by atoms with Crippen LogP contribution in [0.3, 0.4) is 0 Å². The van der Waals surface area contributed by atoms with E-state index in [1.807, 2.05) is 31.2 Å². The summed E-state index contributed by atoms with van der Waals surface area (Å²) in [6, 6.07) is 16.4. The molecule has 8 rings (SSSR count). The number of thiophene rings is 4. The van der Waals surface area contributed by atoms with Gasteiger partial charge in [0.25, 0.3) is 11.8 Å². The molecule has 0 spiro atoms. The second-order valence-electron chi connectivity index (χ2n) is 11.0. The molecule has 5 heterocycles. The van der Waals surface area contributed by atoms with Crippen LogP contribution in [0.5, 0.6) is 0 Å². The van der Waals surface area contributed by atoms with E-state index in [0.717, 1.165) is 69.6 Å². The number of fused-ring (bicyclic) bond motifs is 7. The normalized spacial score (nSPS) is 14.7. The number of carbonyl (C=O) groups excluding carboxylic acids is 3. The molecule has 0 radical (unpaired) electrons. The molecule has 6 aromatic rings. The number of benzene rings is 2. The molecule has 2 aliphatic rings. The Labute approximate surface area is 263 Å². The van der Waals surface area contributed by atoms with E-state index in [2.05, 4.69) is 48.9 Å². The van der Waals surface area contributed by atoms with Gasteiger partial charge in [-0.1, -0.05) is 25.5 Å². The third-order valence-corrected chi connectivity index (χ3v) is 12.5. The third-order valence-electron chi connectivity index (χ3n) is 8.45. The van der Waals surface area contributed by atoms with E-state index in [1.165, 1.54) is 31.9 Å². The highest BCUT2D eigenvalue weighted by molar-refractivity contribution is 7.20. The molecule has 2 amide bonds. The second kappa shape index (κ2) is 9.92. The summed E-state index contributed by atoms with van der Waals surface area (Å²) < 4.78 is 2.28. The molecule has 4 aromatic heterocycles. The van der Waals surface area contributed by atoms with Crippen LogP contribution in [0.15, 0.2) is 59.3 Å². The van der Waals surface area contributed by atoms with Crippen molar-refractivity contribution in [2.45, 2.75) is 33.6 Å². The first-order valence-electron chi connectivity index (χ1n) is 14.3. The second-order valence-corrected chi connectivity index (χ2v) is 15.2. The fourth-order valence-corrected chi connectivity index (χ4v) is 10.4. The zero-order valence-electron chi connectivity index (χ0n) is 23.7. The molecule has 212 valence electrons. The van der Waals surface area contributed by atoms with E-state index in [-0.39, 0.29) is 17.6 Å². The fraction of sp³-hybridized carbons (Fsp3) is 0.171. The van der Waals surface area contributed by atoms with Crippen molar-refractivity contribution in [1.82, 2.24) is 4.90 Å². The maximum atomic E-state index is 14.6. The van der Waals surface area contributed by atoms with Gasteiger partial charge in [-0.25, -0.2) is 0 Å². The highest BCUT2D eigenvalue weighted by atomic mass is 32.1. The summed E-state index contributed by atoms with van der Waals surface area (Å²) in [5, 5.41) is 8.66.